The van der Waals surface area contributed by atoms with Gasteiger partial charge in [-0.3, -0.25) is 0 Å². The molecule has 0 saturated heterocycles. The van der Waals surface area contributed by atoms with Crippen LogP contribution in [0.25, 0.3) is 0 Å². The van der Waals surface area contributed by atoms with Crippen molar-refractivity contribution in [2.24, 2.45) is 5.73 Å². The second kappa shape index (κ2) is 5.30. The van der Waals surface area contributed by atoms with Gasteiger partial charge < -0.3 is 5.73 Å². The molecular formula is C14H13ClFN. The van der Waals surface area contributed by atoms with Crippen LogP contribution in [-0.4, -0.2) is 0 Å². The van der Waals surface area contributed by atoms with Gasteiger partial charge in [-0.15, -0.1) is 0 Å². The first-order valence-corrected chi connectivity index (χ1v) is 5.79. The Balaban J connectivity index is 2.14. The van der Waals surface area contributed by atoms with E-state index in [1.54, 1.807) is 18.2 Å². The highest BCUT2D eigenvalue weighted by Crippen LogP contribution is 2.19. The molecule has 88 valence electrons. The summed E-state index contributed by atoms with van der Waals surface area (Å²) >= 11 is 5.80. The van der Waals surface area contributed by atoms with E-state index in [0.717, 1.165) is 5.56 Å². The Hall–Kier alpha value is -1.38. The van der Waals surface area contributed by atoms with Crippen molar-refractivity contribution in [1.29, 1.82) is 0 Å². The molecule has 3 heteroatoms. The zero-order valence-electron chi connectivity index (χ0n) is 9.24. The smallest absolute Gasteiger partial charge is 0.127 e. The molecule has 0 fully saturated rings. The summed E-state index contributed by atoms with van der Waals surface area (Å²) in [5.74, 6) is -0.256. The van der Waals surface area contributed by atoms with Crippen LogP contribution in [0.2, 0.25) is 5.02 Å². The molecule has 0 aliphatic rings. The molecule has 0 aromatic heterocycles. The fourth-order valence-electron chi connectivity index (χ4n) is 1.76. The van der Waals surface area contributed by atoms with Gasteiger partial charge in [0.05, 0.1) is 0 Å². The van der Waals surface area contributed by atoms with Gasteiger partial charge in [0.2, 0.25) is 0 Å². The largest absolute Gasteiger partial charge is 0.324 e. The number of halogens is 2. The minimum absolute atomic E-state index is 0.256. The highest BCUT2D eigenvalue weighted by Gasteiger charge is 2.11. The Morgan fingerprint density at radius 2 is 1.71 bits per heavy atom. The fourth-order valence-corrected chi connectivity index (χ4v) is 1.89. The van der Waals surface area contributed by atoms with Crippen LogP contribution in [0.3, 0.4) is 0 Å². The van der Waals surface area contributed by atoms with E-state index in [0.29, 0.717) is 17.0 Å². The van der Waals surface area contributed by atoms with Gasteiger partial charge in [0, 0.05) is 16.6 Å². The Morgan fingerprint density at radius 1 is 1.06 bits per heavy atom. The molecule has 0 aliphatic carbocycles. The van der Waals surface area contributed by atoms with Gasteiger partial charge in [0.25, 0.3) is 0 Å². The summed E-state index contributed by atoms with van der Waals surface area (Å²) in [5, 5.41) is 0.688. The third-order valence-electron chi connectivity index (χ3n) is 2.67. The SMILES string of the molecule is NC(Cc1ccc(Cl)cc1)c1ccccc1F. The zero-order chi connectivity index (χ0) is 12.3. The number of benzene rings is 2. The summed E-state index contributed by atoms with van der Waals surface area (Å²) in [6.07, 6.45) is 0.595. The Labute approximate surface area is 105 Å². The lowest BCUT2D eigenvalue weighted by atomic mass is 9.99. The first-order chi connectivity index (χ1) is 8.16. The summed E-state index contributed by atoms with van der Waals surface area (Å²) in [5.41, 5.74) is 7.58. The lowest BCUT2D eigenvalue weighted by molar-refractivity contribution is 0.580. The lowest BCUT2D eigenvalue weighted by Gasteiger charge is -2.13. The molecule has 0 aliphatic heterocycles. The van der Waals surface area contributed by atoms with E-state index < -0.39 is 0 Å². The number of hydrogen-bond acceptors (Lipinski definition) is 1. The second-order valence-electron chi connectivity index (χ2n) is 3.96. The van der Waals surface area contributed by atoms with Crippen molar-refractivity contribution in [3.05, 3.63) is 70.5 Å². The quantitative estimate of drug-likeness (QED) is 0.882. The molecule has 1 unspecified atom stereocenters. The van der Waals surface area contributed by atoms with Crippen molar-refractivity contribution in [2.75, 3.05) is 0 Å². The van der Waals surface area contributed by atoms with Gasteiger partial charge in [-0.2, -0.15) is 0 Å². The Morgan fingerprint density at radius 3 is 2.35 bits per heavy atom. The van der Waals surface area contributed by atoms with Gasteiger partial charge in [-0.25, -0.2) is 4.39 Å². The molecule has 2 rings (SSSR count). The van der Waals surface area contributed by atoms with Gasteiger partial charge in [0.15, 0.2) is 0 Å². The average molecular weight is 250 g/mol. The van der Waals surface area contributed by atoms with E-state index in [-0.39, 0.29) is 11.9 Å². The molecule has 1 atom stereocenters. The van der Waals surface area contributed by atoms with Crippen molar-refractivity contribution in [2.45, 2.75) is 12.5 Å². The summed E-state index contributed by atoms with van der Waals surface area (Å²) in [4.78, 5) is 0. The normalized spacial score (nSPS) is 12.4. The minimum atomic E-state index is -0.336. The van der Waals surface area contributed by atoms with Crippen LogP contribution in [0.1, 0.15) is 17.2 Å². The summed E-state index contributed by atoms with van der Waals surface area (Å²) < 4.78 is 13.5. The third kappa shape index (κ3) is 3.05. The lowest BCUT2D eigenvalue weighted by Crippen LogP contribution is -2.14. The van der Waals surface area contributed by atoms with Crippen LogP contribution in [-0.2, 0) is 6.42 Å². The molecule has 0 amide bonds. The molecule has 0 bridgehead atoms. The fraction of sp³-hybridized carbons (Fsp3) is 0.143. The second-order valence-corrected chi connectivity index (χ2v) is 4.40. The van der Waals surface area contributed by atoms with E-state index in [1.165, 1.54) is 6.07 Å². The molecule has 0 spiro atoms. The van der Waals surface area contributed by atoms with Gasteiger partial charge in [-0.1, -0.05) is 41.9 Å². The van der Waals surface area contributed by atoms with Gasteiger partial charge >= 0.3 is 0 Å². The van der Waals surface area contributed by atoms with Gasteiger partial charge in [-0.05, 0) is 30.2 Å². The van der Waals surface area contributed by atoms with E-state index >= 15 is 0 Å². The summed E-state index contributed by atoms with van der Waals surface area (Å²) in [6.45, 7) is 0. The van der Waals surface area contributed by atoms with E-state index in [1.807, 2.05) is 24.3 Å². The van der Waals surface area contributed by atoms with Crippen LogP contribution in [0.4, 0.5) is 4.39 Å². The molecule has 0 radical (unpaired) electrons. The summed E-state index contributed by atoms with van der Waals surface area (Å²) in [7, 11) is 0. The molecule has 0 saturated carbocycles. The molecular weight excluding hydrogens is 237 g/mol. The van der Waals surface area contributed by atoms with Crippen molar-refractivity contribution < 1.29 is 4.39 Å². The van der Waals surface area contributed by atoms with E-state index in [4.69, 9.17) is 17.3 Å². The van der Waals surface area contributed by atoms with Crippen LogP contribution < -0.4 is 5.73 Å². The molecule has 17 heavy (non-hydrogen) atoms. The zero-order valence-corrected chi connectivity index (χ0v) is 9.99. The van der Waals surface area contributed by atoms with Crippen molar-refractivity contribution >= 4 is 11.6 Å². The monoisotopic (exact) mass is 249 g/mol. The number of nitrogens with two attached hydrogens (primary N) is 1. The highest BCUT2D eigenvalue weighted by molar-refractivity contribution is 6.30. The maximum absolute atomic E-state index is 13.5. The predicted molar refractivity (Wildman–Crippen MR) is 68.5 cm³/mol. The molecule has 2 N–H and O–H groups in total. The van der Waals surface area contributed by atoms with Crippen LogP contribution in [0.5, 0.6) is 0 Å². The molecule has 1 nitrogen and oxygen atoms in total. The van der Waals surface area contributed by atoms with E-state index in [2.05, 4.69) is 0 Å². The minimum Gasteiger partial charge on any atom is -0.324 e. The molecule has 0 heterocycles. The van der Waals surface area contributed by atoms with Crippen LogP contribution in [0, 0.1) is 5.82 Å². The maximum atomic E-state index is 13.5. The highest BCUT2D eigenvalue weighted by atomic mass is 35.5. The van der Waals surface area contributed by atoms with Crippen molar-refractivity contribution in [1.82, 2.24) is 0 Å². The maximum Gasteiger partial charge on any atom is 0.127 e. The first kappa shape index (κ1) is 12.1. The van der Waals surface area contributed by atoms with Crippen LogP contribution in [0.15, 0.2) is 48.5 Å². The van der Waals surface area contributed by atoms with E-state index in [9.17, 15) is 4.39 Å². The third-order valence-corrected chi connectivity index (χ3v) is 2.93. The van der Waals surface area contributed by atoms with Gasteiger partial charge in [0.1, 0.15) is 5.82 Å². The molecule has 2 aromatic rings. The summed E-state index contributed by atoms with van der Waals surface area (Å²) in [6, 6.07) is 13.7. The molecule has 2 aromatic carbocycles. The van der Waals surface area contributed by atoms with Crippen LogP contribution >= 0.6 is 11.6 Å². The van der Waals surface area contributed by atoms with Crippen molar-refractivity contribution in [3.63, 3.8) is 0 Å². The van der Waals surface area contributed by atoms with Crippen molar-refractivity contribution in [3.8, 4) is 0 Å². The Bertz CT molecular complexity index is 496. The number of hydrogen-bond donors (Lipinski definition) is 1. The average Bonchev–Trinajstić information content (AvgIpc) is 2.32. The predicted octanol–water partition coefficient (Wildman–Crippen LogP) is 3.72. The Kier molecular flexibility index (Phi) is 3.77. The standard InChI is InChI=1S/C14H13ClFN/c15-11-7-5-10(6-8-11)9-14(17)12-3-1-2-4-13(12)16/h1-8,14H,9,17H2. The number of rotatable bonds is 3. The first-order valence-electron chi connectivity index (χ1n) is 5.41. The topological polar surface area (TPSA) is 26.0 Å².